The van der Waals surface area contributed by atoms with Crippen LogP contribution in [0.15, 0.2) is 35.7 Å². The highest BCUT2D eigenvalue weighted by Crippen LogP contribution is 2.20. The van der Waals surface area contributed by atoms with Crippen molar-refractivity contribution in [2.24, 2.45) is 0 Å². The van der Waals surface area contributed by atoms with Crippen molar-refractivity contribution in [3.8, 4) is 5.75 Å². The molecule has 0 saturated carbocycles. The number of benzene rings is 1. The molecule has 0 saturated heterocycles. The monoisotopic (exact) mass is 373 g/mol. The third-order valence-corrected chi connectivity index (χ3v) is 4.18. The van der Waals surface area contributed by atoms with Crippen molar-refractivity contribution in [3.05, 3.63) is 36.2 Å². The predicted octanol–water partition coefficient (Wildman–Crippen LogP) is 0.497. The van der Waals surface area contributed by atoms with Crippen molar-refractivity contribution in [2.75, 3.05) is 18.6 Å². The van der Waals surface area contributed by atoms with E-state index in [0.29, 0.717) is 27.6 Å². The molecule has 2 heterocycles. The molecule has 2 aromatic heterocycles. The van der Waals surface area contributed by atoms with E-state index in [2.05, 4.69) is 30.8 Å². The van der Waals surface area contributed by atoms with Gasteiger partial charge in [-0.25, -0.2) is 15.0 Å². The van der Waals surface area contributed by atoms with Crippen LogP contribution in [0.4, 0.5) is 5.82 Å². The molecule has 0 fully saturated rings. The van der Waals surface area contributed by atoms with Gasteiger partial charge in [0.25, 0.3) is 5.91 Å². The molecule has 0 spiro atoms. The first-order chi connectivity index (χ1) is 12.6. The van der Waals surface area contributed by atoms with Crippen LogP contribution in [-0.4, -0.2) is 44.6 Å². The predicted molar refractivity (Wildman–Crippen MR) is 95.4 cm³/mol. The van der Waals surface area contributed by atoms with Crippen molar-refractivity contribution < 1.29 is 14.3 Å². The molecule has 0 unspecified atom stereocenters. The second-order valence-corrected chi connectivity index (χ2v) is 5.98. The number of H-pyrrole nitrogens is 1. The fraction of sp³-hybridized carbons (Fsp3) is 0.133. The lowest BCUT2D eigenvalue weighted by atomic mass is 10.2. The summed E-state index contributed by atoms with van der Waals surface area (Å²) in [5.41, 5.74) is 11.7. The van der Waals surface area contributed by atoms with Crippen LogP contribution in [0.3, 0.4) is 0 Å². The number of aromatic nitrogens is 4. The summed E-state index contributed by atoms with van der Waals surface area (Å²) in [6.07, 6.45) is 1.31. The number of methoxy groups -OCH3 is 1. The normalized spacial score (nSPS) is 10.5. The number of amides is 2. The second kappa shape index (κ2) is 7.70. The average Bonchev–Trinajstić information content (AvgIpc) is 3.09. The van der Waals surface area contributed by atoms with Crippen molar-refractivity contribution in [1.29, 1.82) is 0 Å². The molecule has 10 nitrogen and oxygen atoms in total. The lowest BCUT2D eigenvalue weighted by Crippen LogP contribution is -2.42. The largest absolute Gasteiger partial charge is 0.497 e. The number of hydrogen-bond acceptors (Lipinski definition) is 8. The van der Waals surface area contributed by atoms with E-state index in [1.165, 1.54) is 13.4 Å². The van der Waals surface area contributed by atoms with Crippen LogP contribution >= 0.6 is 11.8 Å². The minimum absolute atomic E-state index is 0.0377. The Balaban J connectivity index is 1.50. The van der Waals surface area contributed by atoms with Crippen molar-refractivity contribution >= 4 is 40.6 Å². The Labute approximate surface area is 151 Å². The van der Waals surface area contributed by atoms with Gasteiger partial charge in [-0.15, -0.1) is 0 Å². The van der Waals surface area contributed by atoms with Crippen LogP contribution in [0.25, 0.3) is 11.2 Å². The van der Waals surface area contributed by atoms with E-state index in [-0.39, 0.29) is 11.6 Å². The summed E-state index contributed by atoms with van der Waals surface area (Å²) in [5, 5.41) is 0.476. The van der Waals surface area contributed by atoms with Gasteiger partial charge in [-0.05, 0) is 24.3 Å². The van der Waals surface area contributed by atoms with E-state index < -0.39 is 11.8 Å². The lowest BCUT2D eigenvalue weighted by Gasteiger charge is -2.07. The third-order valence-electron chi connectivity index (χ3n) is 3.30. The summed E-state index contributed by atoms with van der Waals surface area (Å²) in [7, 11) is 1.54. The van der Waals surface area contributed by atoms with Gasteiger partial charge in [0.05, 0.1) is 12.9 Å². The maximum absolute atomic E-state index is 12.0. The second-order valence-electron chi connectivity index (χ2n) is 5.02. The molecule has 0 radical (unpaired) electrons. The number of nitrogen functional groups attached to an aromatic ring is 1. The van der Waals surface area contributed by atoms with Crippen molar-refractivity contribution in [1.82, 2.24) is 30.8 Å². The molecule has 11 heteroatoms. The Hall–Kier alpha value is -3.34. The molecule has 3 aromatic rings. The van der Waals surface area contributed by atoms with Crippen LogP contribution in [0.5, 0.6) is 5.75 Å². The van der Waals surface area contributed by atoms with Crippen LogP contribution in [-0.2, 0) is 4.79 Å². The van der Waals surface area contributed by atoms with Crippen molar-refractivity contribution in [3.63, 3.8) is 0 Å². The lowest BCUT2D eigenvalue weighted by molar-refractivity contribution is -0.119. The topological polar surface area (TPSA) is 148 Å². The van der Waals surface area contributed by atoms with Gasteiger partial charge in [0.1, 0.15) is 17.6 Å². The molecular weight excluding hydrogens is 358 g/mol. The smallest absolute Gasteiger partial charge is 0.269 e. The van der Waals surface area contributed by atoms with E-state index >= 15 is 0 Å². The number of carbonyl (C=O) groups excluding carboxylic acids is 2. The van der Waals surface area contributed by atoms with Crippen LogP contribution < -0.4 is 21.3 Å². The Morgan fingerprint density at radius 1 is 1.23 bits per heavy atom. The number of rotatable bonds is 5. The maximum Gasteiger partial charge on any atom is 0.269 e. The maximum atomic E-state index is 12.0. The van der Waals surface area contributed by atoms with E-state index in [4.69, 9.17) is 10.5 Å². The molecule has 0 aliphatic carbocycles. The zero-order chi connectivity index (χ0) is 18.5. The molecule has 5 N–H and O–H groups in total. The number of anilines is 1. The Bertz CT molecular complexity index is 942. The fourth-order valence-electron chi connectivity index (χ4n) is 2.00. The van der Waals surface area contributed by atoms with Crippen molar-refractivity contribution in [2.45, 2.75) is 5.16 Å². The number of imidazole rings is 1. The minimum atomic E-state index is -0.433. The summed E-state index contributed by atoms with van der Waals surface area (Å²) in [5.74, 6) is 0.133. The van der Waals surface area contributed by atoms with Gasteiger partial charge in [-0.3, -0.25) is 20.4 Å². The molecule has 1 aromatic carbocycles. The van der Waals surface area contributed by atoms with E-state index in [9.17, 15) is 9.59 Å². The Morgan fingerprint density at radius 3 is 2.69 bits per heavy atom. The average molecular weight is 373 g/mol. The zero-order valence-electron chi connectivity index (χ0n) is 13.6. The molecule has 26 heavy (non-hydrogen) atoms. The first-order valence-corrected chi connectivity index (χ1v) is 8.37. The standard InChI is InChI=1S/C15H15N7O3S/c1-25-9-4-2-8(3-5-9)14(24)22-21-10(23)6-26-15-19-11-12(16)17-7-18-13(11)20-15/h2-5,7H,6H2,1H3,(H,21,23)(H,22,24)(H3,16,17,18,19,20). The van der Waals surface area contributed by atoms with Gasteiger partial charge in [0.2, 0.25) is 5.91 Å². The zero-order valence-corrected chi connectivity index (χ0v) is 14.5. The molecule has 2 amide bonds. The number of hydrazine groups is 1. The third kappa shape index (κ3) is 4.00. The van der Waals surface area contributed by atoms with Crippen LogP contribution in [0.2, 0.25) is 0 Å². The molecule has 0 aliphatic heterocycles. The number of thioether (sulfide) groups is 1. The van der Waals surface area contributed by atoms with Crippen LogP contribution in [0, 0.1) is 0 Å². The number of nitrogens with one attached hydrogen (secondary N) is 3. The number of ether oxygens (including phenoxy) is 1. The number of nitrogens with zero attached hydrogens (tertiary/aromatic N) is 3. The molecule has 3 rings (SSSR count). The molecular formula is C15H15N7O3S. The molecule has 0 bridgehead atoms. The number of aromatic amines is 1. The number of nitrogens with two attached hydrogens (primary N) is 1. The van der Waals surface area contributed by atoms with E-state index in [0.717, 1.165) is 11.8 Å². The number of carbonyl (C=O) groups is 2. The number of hydrogen-bond donors (Lipinski definition) is 4. The highest BCUT2D eigenvalue weighted by atomic mass is 32.2. The van der Waals surface area contributed by atoms with Gasteiger partial charge >= 0.3 is 0 Å². The summed E-state index contributed by atoms with van der Waals surface area (Å²) in [4.78, 5) is 38.8. The summed E-state index contributed by atoms with van der Waals surface area (Å²) < 4.78 is 5.02. The molecule has 0 aliphatic rings. The highest BCUT2D eigenvalue weighted by Gasteiger charge is 2.11. The quantitative estimate of drug-likeness (QED) is 0.373. The van der Waals surface area contributed by atoms with Gasteiger partial charge < -0.3 is 15.5 Å². The Morgan fingerprint density at radius 2 is 2.00 bits per heavy atom. The highest BCUT2D eigenvalue weighted by molar-refractivity contribution is 7.99. The van der Waals surface area contributed by atoms with Gasteiger partial charge in [-0.1, -0.05) is 11.8 Å². The van der Waals surface area contributed by atoms with Gasteiger partial charge in [0.15, 0.2) is 16.6 Å². The number of fused-ring (bicyclic) bond motifs is 1. The van der Waals surface area contributed by atoms with Gasteiger partial charge in [0, 0.05) is 5.56 Å². The first kappa shape index (κ1) is 17.5. The SMILES string of the molecule is COc1ccc(C(=O)NNC(=O)CSc2nc3ncnc(N)c3[nH]2)cc1. The molecule has 0 atom stereocenters. The Kier molecular flexibility index (Phi) is 5.17. The van der Waals surface area contributed by atoms with Crippen LogP contribution in [0.1, 0.15) is 10.4 Å². The molecule has 134 valence electrons. The summed E-state index contributed by atoms with van der Waals surface area (Å²) >= 11 is 1.15. The summed E-state index contributed by atoms with van der Waals surface area (Å²) in [6, 6.07) is 6.50. The first-order valence-electron chi connectivity index (χ1n) is 7.39. The summed E-state index contributed by atoms with van der Waals surface area (Å²) in [6.45, 7) is 0. The minimum Gasteiger partial charge on any atom is -0.497 e. The van der Waals surface area contributed by atoms with E-state index in [1.54, 1.807) is 24.3 Å². The van der Waals surface area contributed by atoms with E-state index in [1.807, 2.05) is 0 Å². The van der Waals surface area contributed by atoms with Gasteiger partial charge in [-0.2, -0.15) is 0 Å². The fourth-order valence-corrected chi connectivity index (χ4v) is 2.67.